The van der Waals surface area contributed by atoms with E-state index in [2.05, 4.69) is 23.1 Å². The van der Waals surface area contributed by atoms with Crippen LogP contribution in [0.3, 0.4) is 0 Å². The number of benzene rings is 3. The number of hydrogen-bond donors (Lipinski definition) is 1. The second kappa shape index (κ2) is 15.0. The predicted octanol–water partition coefficient (Wildman–Crippen LogP) is 9.89. The number of amides is 1. The summed E-state index contributed by atoms with van der Waals surface area (Å²) in [4.78, 5) is 29.0. The number of fused-ring (bicyclic) bond motifs is 4. The van der Waals surface area contributed by atoms with Crippen molar-refractivity contribution in [3.63, 3.8) is 0 Å². The highest BCUT2D eigenvalue weighted by Gasteiger charge is 2.38. The van der Waals surface area contributed by atoms with Gasteiger partial charge < -0.3 is 28.6 Å². The second-order valence-electron chi connectivity index (χ2n) is 15.5. The third-order valence-corrected chi connectivity index (χ3v) is 12.6. The molecule has 0 spiro atoms. The van der Waals surface area contributed by atoms with Gasteiger partial charge in [-0.25, -0.2) is 4.79 Å². The molecule has 12 heteroatoms. The Balaban J connectivity index is 1.25. The maximum absolute atomic E-state index is 15.2. The number of nitrogens with zero attached hydrogens (tertiary/aromatic N) is 5. The van der Waals surface area contributed by atoms with Crippen molar-refractivity contribution in [2.24, 2.45) is 13.0 Å². The molecule has 1 saturated heterocycles. The average molecular weight is 797 g/mol. The Labute approximate surface area is 336 Å². The topological polar surface area (TPSA) is 104 Å². The first-order valence-electron chi connectivity index (χ1n) is 19.3. The van der Waals surface area contributed by atoms with Crippen LogP contribution < -0.4 is 9.64 Å². The Morgan fingerprint density at radius 3 is 2.45 bits per heavy atom. The van der Waals surface area contributed by atoms with Crippen LogP contribution in [0.4, 0.5) is 5.69 Å². The first kappa shape index (κ1) is 38.1. The number of halogens is 2. The van der Waals surface area contributed by atoms with Crippen molar-refractivity contribution in [2.75, 3.05) is 31.3 Å². The number of carbonyl (C=O) groups is 2. The number of carbonyl (C=O) groups excluding carboxylic acids is 1. The van der Waals surface area contributed by atoms with E-state index < -0.39 is 5.97 Å². The average Bonchev–Trinajstić information content (AvgIpc) is 3.78. The van der Waals surface area contributed by atoms with E-state index in [4.69, 9.17) is 37.8 Å². The summed E-state index contributed by atoms with van der Waals surface area (Å²) in [5.41, 5.74) is 9.91. The summed E-state index contributed by atoms with van der Waals surface area (Å²) in [5.74, 6) is 0.0945. The molecule has 1 fully saturated rings. The monoisotopic (exact) mass is 795 g/mol. The number of rotatable bonds is 10. The summed E-state index contributed by atoms with van der Waals surface area (Å²) in [6, 6.07) is 12.8. The van der Waals surface area contributed by atoms with E-state index in [1.54, 1.807) is 18.2 Å². The zero-order chi connectivity index (χ0) is 39.6. The van der Waals surface area contributed by atoms with Crippen LogP contribution in [0.1, 0.15) is 81.2 Å². The summed E-state index contributed by atoms with van der Waals surface area (Å²) in [5, 5.41) is 17.9. The molecule has 1 atom stereocenters. The quantitative estimate of drug-likeness (QED) is 0.139. The van der Waals surface area contributed by atoms with Gasteiger partial charge in [0.25, 0.3) is 5.91 Å². The molecule has 3 aromatic carbocycles. The third kappa shape index (κ3) is 6.55. The van der Waals surface area contributed by atoms with Crippen LogP contribution in [-0.2, 0) is 24.8 Å². The van der Waals surface area contributed by atoms with Gasteiger partial charge in [-0.2, -0.15) is 5.10 Å². The minimum absolute atomic E-state index is 0.141. The van der Waals surface area contributed by atoms with E-state index in [0.29, 0.717) is 53.7 Å². The molecule has 1 amide bonds. The van der Waals surface area contributed by atoms with Crippen LogP contribution in [0.15, 0.2) is 48.7 Å². The van der Waals surface area contributed by atoms with Crippen LogP contribution in [-0.4, -0.2) is 62.3 Å². The summed E-state index contributed by atoms with van der Waals surface area (Å²) < 4.78 is 18.1. The van der Waals surface area contributed by atoms with Crippen LogP contribution in [0.5, 0.6) is 5.75 Å². The molecule has 3 aromatic heterocycles. The highest BCUT2D eigenvalue weighted by molar-refractivity contribution is 6.35. The van der Waals surface area contributed by atoms with Crippen LogP contribution in [0.25, 0.3) is 32.9 Å². The number of carboxylic acid groups (broad SMARTS) is 1. The Morgan fingerprint density at radius 1 is 1.00 bits per heavy atom. The van der Waals surface area contributed by atoms with Gasteiger partial charge in [-0.3, -0.25) is 9.48 Å². The predicted molar refractivity (Wildman–Crippen MR) is 222 cm³/mol. The number of carboxylic acids is 1. The van der Waals surface area contributed by atoms with Gasteiger partial charge in [0.05, 0.1) is 34.1 Å². The molecule has 0 bridgehead atoms. The zero-order valence-electron chi connectivity index (χ0n) is 32.7. The van der Waals surface area contributed by atoms with E-state index in [9.17, 15) is 9.90 Å². The molecule has 0 radical (unpaired) electrons. The summed E-state index contributed by atoms with van der Waals surface area (Å²) in [6.07, 6.45) is 5.17. The van der Waals surface area contributed by atoms with Gasteiger partial charge in [0.2, 0.25) is 0 Å². The van der Waals surface area contributed by atoms with Gasteiger partial charge in [0.1, 0.15) is 11.4 Å². The van der Waals surface area contributed by atoms with Gasteiger partial charge in [-0.1, -0.05) is 29.3 Å². The number of aromatic nitrogens is 4. The minimum Gasteiger partial charge on any atom is -0.494 e. The standard InChI is InChI=1S/C44H47Cl2N5O5/c1-24-18-31(19-25(2)40(24)46)56-15-7-8-32-33-10-11-35(45)39(38-27(4)47-50(28(38)5)22-29-13-16-55-17-14-29)41(33)51-26(3)21-49(43(52)42(32)51)37-23-48(6)36-12-9-30(44(53)54)20-34(36)37/h9-12,18-20,23,26,29H,7-8,13-17,21-22H2,1-6H3,(H,53,54)/t26-/m1/s1. The van der Waals surface area contributed by atoms with E-state index in [1.807, 2.05) is 67.7 Å². The highest BCUT2D eigenvalue weighted by atomic mass is 35.5. The summed E-state index contributed by atoms with van der Waals surface area (Å²) >= 11 is 13.7. The number of aromatic carboxylic acids is 1. The molecule has 10 nitrogen and oxygen atoms in total. The molecule has 1 N–H and O–H groups in total. The Bertz CT molecular complexity index is 2520. The molecule has 56 heavy (non-hydrogen) atoms. The first-order chi connectivity index (χ1) is 26.8. The van der Waals surface area contributed by atoms with Crippen molar-refractivity contribution in [3.8, 4) is 16.9 Å². The van der Waals surface area contributed by atoms with Gasteiger partial charge in [-0.05, 0) is 119 Å². The van der Waals surface area contributed by atoms with Crippen molar-refractivity contribution in [1.29, 1.82) is 0 Å². The maximum Gasteiger partial charge on any atom is 0.335 e. The van der Waals surface area contributed by atoms with Gasteiger partial charge >= 0.3 is 5.97 Å². The first-order valence-corrected chi connectivity index (χ1v) is 20.1. The molecule has 5 heterocycles. The van der Waals surface area contributed by atoms with E-state index in [0.717, 1.165) is 99.0 Å². The molecular formula is C44H47Cl2N5O5. The van der Waals surface area contributed by atoms with Crippen molar-refractivity contribution >= 4 is 62.6 Å². The van der Waals surface area contributed by atoms with Crippen molar-refractivity contribution in [1.82, 2.24) is 18.9 Å². The fraction of sp³-hybridized carbons (Fsp3) is 0.386. The lowest BCUT2D eigenvalue weighted by atomic mass is 9.97. The van der Waals surface area contributed by atoms with Crippen molar-refractivity contribution in [2.45, 2.75) is 72.9 Å². The van der Waals surface area contributed by atoms with E-state index in [-0.39, 0.29) is 17.5 Å². The lowest BCUT2D eigenvalue weighted by Gasteiger charge is -2.34. The zero-order valence-corrected chi connectivity index (χ0v) is 34.2. The molecule has 2 aliphatic heterocycles. The Hall–Kier alpha value is -4.77. The Kier molecular flexibility index (Phi) is 10.2. The molecule has 292 valence electrons. The van der Waals surface area contributed by atoms with Crippen molar-refractivity contribution < 1.29 is 24.2 Å². The summed E-state index contributed by atoms with van der Waals surface area (Å²) in [7, 11) is 1.91. The molecule has 0 saturated carbocycles. The maximum atomic E-state index is 15.2. The Morgan fingerprint density at radius 2 is 1.73 bits per heavy atom. The fourth-order valence-electron chi connectivity index (χ4n) is 8.93. The number of ether oxygens (including phenoxy) is 2. The number of hydrogen-bond acceptors (Lipinski definition) is 5. The number of anilines is 1. The fourth-order valence-corrected chi connectivity index (χ4v) is 9.29. The highest BCUT2D eigenvalue weighted by Crippen LogP contribution is 2.46. The normalized spacial score (nSPS) is 16.3. The van der Waals surface area contributed by atoms with E-state index >= 15 is 4.79 Å². The van der Waals surface area contributed by atoms with E-state index in [1.165, 1.54) is 0 Å². The van der Waals surface area contributed by atoms with Gasteiger partial charge in [0, 0.05) is 83.7 Å². The molecular weight excluding hydrogens is 749 g/mol. The SMILES string of the molecule is Cc1cc(OCCCc2c3n(c4c(-c5c(C)nn(CC6CCOCC6)c5C)c(Cl)ccc24)[C@H](C)CN(c2cn(C)c4ccc(C(=O)O)cc24)C3=O)cc(C)c1Cl. The number of aryl methyl sites for hydroxylation is 5. The van der Waals surface area contributed by atoms with Gasteiger partial charge in [-0.15, -0.1) is 0 Å². The smallest absolute Gasteiger partial charge is 0.335 e. The lowest BCUT2D eigenvalue weighted by molar-refractivity contribution is 0.0599. The molecule has 2 aliphatic rings. The third-order valence-electron chi connectivity index (χ3n) is 11.7. The van der Waals surface area contributed by atoms with Gasteiger partial charge in [0.15, 0.2) is 0 Å². The van der Waals surface area contributed by atoms with Crippen LogP contribution in [0, 0.1) is 33.6 Å². The molecule has 0 unspecified atom stereocenters. The second-order valence-corrected chi connectivity index (χ2v) is 16.3. The van der Waals surface area contributed by atoms with Crippen LogP contribution in [0.2, 0.25) is 10.0 Å². The van der Waals surface area contributed by atoms with Crippen LogP contribution >= 0.6 is 23.2 Å². The molecule has 6 aromatic rings. The van der Waals surface area contributed by atoms with Crippen molar-refractivity contribution in [3.05, 3.63) is 98.0 Å². The lowest BCUT2D eigenvalue weighted by Crippen LogP contribution is -2.42. The molecule has 0 aliphatic carbocycles. The minimum atomic E-state index is -1.01. The summed E-state index contributed by atoms with van der Waals surface area (Å²) in [6.45, 7) is 13.4. The largest absolute Gasteiger partial charge is 0.494 e. The molecule has 8 rings (SSSR count).